The maximum atomic E-state index is 7.18. The lowest BCUT2D eigenvalue weighted by Gasteiger charge is -2.49. The highest BCUT2D eigenvalue weighted by Crippen LogP contribution is 2.60. The van der Waals surface area contributed by atoms with E-state index < -0.39 is 5.41 Å². The Hall–Kier alpha value is -4.30. The lowest BCUT2D eigenvalue weighted by Crippen LogP contribution is -2.42. The Bertz CT molecular complexity index is 2190. The summed E-state index contributed by atoms with van der Waals surface area (Å²) in [6, 6.07) is 47.2. The molecular formula is C45H37Cl2N. The van der Waals surface area contributed by atoms with Gasteiger partial charge in [-0.1, -0.05) is 142 Å². The molecule has 1 spiro atoms. The summed E-state index contributed by atoms with van der Waals surface area (Å²) in [4.78, 5) is 2.48. The number of benzene rings is 6. The van der Waals surface area contributed by atoms with Crippen molar-refractivity contribution >= 4 is 40.3 Å². The van der Waals surface area contributed by atoms with Gasteiger partial charge in [-0.2, -0.15) is 0 Å². The quantitative estimate of drug-likeness (QED) is 0.169. The van der Waals surface area contributed by atoms with Crippen molar-refractivity contribution in [3.05, 3.63) is 193 Å². The zero-order chi connectivity index (χ0) is 33.0. The maximum absolute atomic E-state index is 7.18. The fraction of sp³-hybridized carbons (Fsp3) is 0.200. The number of halogens is 2. The van der Waals surface area contributed by atoms with Crippen LogP contribution in [0.3, 0.4) is 0 Å². The first-order chi connectivity index (χ1) is 23.1. The molecular weight excluding hydrogens is 625 g/mol. The SMILES string of the molecule is CC1(C)c2ccccc2N(c2ccc3c(c2)C2(c4ccccc4C(C)(C)c4ccccc42)c2cc(Cl)cc(Cl)c2CC3)c2ccccc21. The van der Waals surface area contributed by atoms with Crippen molar-refractivity contribution in [2.75, 3.05) is 4.90 Å². The summed E-state index contributed by atoms with van der Waals surface area (Å²) in [6.07, 6.45) is 1.73. The van der Waals surface area contributed by atoms with Crippen molar-refractivity contribution < 1.29 is 0 Å². The average molecular weight is 663 g/mol. The standard InChI is InChI=1S/C45H37Cl2N/c1-43(2)32-13-5-7-15-34(32)45(35-16-8-6-14-33(35)43)38-27-30(23-21-28(38)22-24-31-39(45)25-29(46)26-40(31)47)48-41-19-11-9-17-36(41)44(3,4)37-18-10-12-20-42(37)48/h5-21,23,25-27H,22,24H2,1-4H3. The lowest BCUT2D eigenvalue weighted by molar-refractivity contribution is 0.557. The van der Waals surface area contributed by atoms with E-state index in [1.165, 1.54) is 67.0 Å². The van der Waals surface area contributed by atoms with Crippen LogP contribution in [0.2, 0.25) is 10.0 Å². The van der Waals surface area contributed by atoms with Gasteiger partial charge < -0.3 is 4.90 Å². The van der Waals surface area contributed by atoms with Crippen molar-refractivity contribution in [3.63, 3.8) is 0 Å². The van der Waals surface area contributed by atoms with Gasteiger partial charge >= 0.3 is 0 Å². The van der Waals surface area contributed by atoms with E-state index in [1.54, 1.807) is 0 Å². The second-order valence-electron chi connectivity index (χ2n) is 14.7. The molecule has 236 valence electrons. The van der Waals surface area contributed by atoms with Crippen LogP contribution in [0.5, 0.6) is 0 Å². The zero-order valence-corrected chi connectivity index (χ0v) is 29.3. The normalized spacial score (nSPS) is 17.2. The minimum Gasteiger partial charge on any atom is -0.310 e. The second kappa shape index (κ2) is 10.3. The molecule has 0 saturated carbocycles. The van der Waals surface area contributed by atoms with E-state index in [0.717, 1.165) is 23.6 Å². The van der Waals surface area contributed by atoms with Gasteiger partial charge in [-0.3, -0.25) is 0 Å². The van der Waals surface area contributed by atoms with E-state index >= 15 is 0 Å². The maximum Gasteiger partial charge on any atom is 0.0714 e. The Labute approximate surface area is 293 Å². The van der Waals surface area contributed by atoms with E-state index in [9.17, 15) is 0 Å². The predicted octanol–water partition coefficient (Wildman–Crippen LogP) is 12.2. The molecule has 0 amide bonds. The molecule has 0 aromatic heterocycles. The van der Waals surface area contributed by atoms with Gasteiger partial charge in [0.25, 0.3) is 0 Å². The Kier molecular flexibility index (Phi) is 6.43. The summed E-state index contributed by atoms with van der Waals surface area (Å²) in [5.74, 6) is 0. The molecule has 9 rings (SSSR count). The summed E-state index contributed by atoms with van der Waals surface area (Å²) in [5.41, 5.74) is 15.6. The minimum absolute atomic E-state index is 0.129. The Morgan fingerprint density at radius 2 is 0.979 bits per heavy atom. The first-order valence-corrected chi connectivity index (χ1v) is 17.7. The largest absolute Gasteiger partial charge is 0.310 e. The van der Waals surface area contributed by atoms with Gasteiger partial charge in [0.05, 0.1) is 16.8 Å². The summed E-state index contributed by atoms with van der Waals surface area (Å²) in [6.45, 7) is 9.41. The molecule has 6 aromatic carbocycles. The molecule has 0 atom stereocenters. The zero-order valence-electron chi connectivity index (χ0n) is 27.7. The third kappa shape index (κ3) is 3.86. The van der Waals surface area contributed by atoms with Crippen molar-refractivity contribution in [1.82, 2.24) is 0 Å². The van der Waals surface area contributed by atoms with E-state index in [2.05, 4.69) is 154 Å². The summed E-state index contributed by atoms with van der Waals surface area (Å²) >= 11 is 14.1. The van der Waals surface area contributed by atoms with Crippen LogP contribution in [0.1, 0.15) is 83.3 Å². The van der Waals surface area contributed by atoms with Crippen LogP contribution in [-0.4, -0.2) is 0 Å². The van der Waals surface area contributed by atoms with Crippen molar-refractivity contribution in [3.8, 4) is 0 Å². The molecule has 3 heteroatoms. The van der Waals surface area contributed by atoms with Crippen LogP contribution in [0.4, 0.5) is 17.1 Å². The Balaban J connectivity index is 1.43. The summed E-state index contributed by atoms with van der Waals surface area (Å²) < 4.78 is 0. The molecule has 6 aromatic rings. The van der Waals surface area contributed by atoms with Crippen LogP contribution >= 0.6 is 23.2 Å². The van der Waals surface area contributed by atoms with Crippen LogP contribution in [0.25, 0.3) is 0 Å². The number of para-hydroxylation sites is 2. The number of hydrogen-bond donors (Lipinski definition) is 0. The van der Waals surface area contributed by atoms with Gasteiger partial charge in [0.15, 0.2) is 0 Å². The smallest absolute Gasteiger partial charge is 0.0714 e. The number of aryl methyl sites for hydroxylation is 1. The number of anilines is 3. The molecule has 0 radical (unpaired) electrons. The molecule has 1 heterocycles. The number of fused-ring (bicyclic) bond motifs is 10. The van der Waals surface area contributed by atoms with Crippen molar-refractivity contribution in [2.45, 2.75) is 56.8 Å². The molecule has 1 aliphatic heterocycles. The van der Waals surface area contributed by atoms with E-state index in [4.69, 9.17) is 23.2 Å². The first kappa shape index (κ1) is 29.8. The molecule has 1 nitrogen and oxygen atoms in total. The van der Waals surface area contributed by atoms with Gasteiger partial charge in [-0.25, -0.2) is 0 Å². The monoisotopic (exact) mass is 661 g/mol. The minimum atomic E-state index is -0.623. The Morgan fingerprint density at radius 3 is 1.56 bits per heavy atom. The third-order valence-corrected chi connectivity index (χ3v) is 12.2. The molecule has 48 heavy (non-hydrogen) atoms. The molecule has 0 fully saturated rings. The number of hydrogen-bond acceptors (Lipinski definition) is 1. The molecule has 0 bridgehead atoms. The predicted molar refractivity (Wildman–Crippen MR) is 201 cm³/mol. The van der Waals surface area contributed by atoms with E-state index in [1.807, 2.05) is 6.07 Å². The lowest BCUT2D eigenvalue weighted by atomic mass is 9.53. The van der Waals surface area contributed by atoms with Crippen molar-refractivity contribution in [1.29, 1.82) is 0 Å². The van der Waals surface area contributed by atoms with E-state index in [0.29, 0.717) is 5.02 Å². The molecule has 0 unspecified atom stereocenters. The fourth-order valence-corrected chi connectivity index (χ4v) is 9.98. The van der Waals surface area contributed by atoms with E-state index in [-0.39, 0.29) is 10.8 Å². The van der Waals surface area contributed by atoms with Crippen LogP contribution < -0.4 is 4.90 Å². The number of nitrogens with zero attached hydrogens (tertiary/aromatic N) is 1. The van der Waals surface area contributed by atoms with Gasteiger partial charge in [0.1, 0.15) is 0 Å². The van der Waals surface area contributed by atoms with Gasteiger partial charge in [0.2, 0.25) is 0 Å². The number of rotatable bonds is 1. The topological polar surface area (TPSA) is 3.24 Å². The van der Waals surface area contributed by atoms with Crippen LogP contribution in [0, 0.1) is 0 Å². The summed E-state index contributed by atoms with van der Waals surface area (Å²) in [5, 5.41) is 1.41. The summed E-state index contributed by atoms with van der Waals surface area (Å²) in [7, 11) is 0. The van der Waals surface area contributed by atoms with Crippen LogP contribution in [-0.2, 0) is 29.1 Å². The highest BCUT2D eigenvalue weighted by Gasteiger charge is 2.51. The highest BCUT2D eigenvalue weighted by molar-refractivity contribution is 6.35. The van der Waals surface area contributed by atoms with Crippen molar-refractivity contribution in [2.24, 2.45) is 0 Å². The first-order valence-electron chi connectivity index (χ1n) is 17.0. The average Bonchev–Trinajstić information content (AvgIpc) is 3.23. The second-order valence-corrected chi connectivity index (χ2v) is 15.6. The molecule has 0 saturated heterocycles. The molecule has 2 aliphatic carbocycles. The molecule has 0 N–H and O–H groups in total. The van der Waals surface area contributed by atoms with Gasteiger partial charge in [-0.15, -0.1) is 0 Å². The fourth-order valence-electron chi connectivity index (χ4n) is 9.40. The van der Waals surface area contributed by atoms with Crippen LogP contribution in [0.15, 0.2) is 127 Å². The third-order valence-electron chi connectivity index (χ3n) is 11.6. The Morgan fingerprint density at radius 1 is 0.479 bits per heavy atom. The highest BCUT2D eigenvalue weighted by atomic mass is 35.5. The van der Waals surface area contributed by atoms with Gasteiger partial charge in [-0.05, 0) is 105 Å². The van der Waals surface area contributed by atoms with Gasteiger partial charge in [0, 0.05) is 26.6 Å². The molecule has 3 aliphatic rings.